The lowest BCUT2D eigenvalue weighted by molar-refractivity contribution is 0.172. The van der Waals surface area contributed by atoms with Crippen LogP contribution in [-0.4, -0.2) is 17.5 Å². The molecule has 0 aliphatic rings. The normalized spacial score (nSPS) is 12.8. The second-order valence-electron chi connectivity index (χ2n) is 5.81. The van der Waals surface area contributed by atoms with E-state index in [1.165, 1.54) is 18.5 Å². The van der Waals surface area contributed by atoms with Crippen LogP contribution in [0.3, 0.4) is 0 Å². The van der Waals surface area contributed by atoms with E-state index in [0.717, 1.165) is 0 Å². The summed E-state index contributed by atoms with van der Waals surface area (Å²) >= 11 is 0. The third-order valence-electron chi connectivity index (χ3n) is 3.07. The molecule has 0 aromatic carbocycles. The molecule has 0 aliphatic heterocycles. The number of hydrogen-bond acceptors (Lipinski definition) is 1. The summed E-state index contributed by atoms with van der Waals surface area (Å²) in [5.41, 5.74) is 1.63. The Labute approximate surface area is 90.2 Å². The molecule has 1 nitrogen and oxygen atoms in total. The largest absolute Gasteiger partial charge is 0.373 e. The van der Waals surface area contributed by atoms with Gasteiger partial charge in [-0.05, 0) is 27.2 Å². The number of rotatable bonds is 4. The van der Waals surface area contributed by atoms with Crippen molar-refractivity contribution in [2.75, 3.05) is 7.05 Å². The number of allylic oxidation sites excluding steroid dienone is 1. The van der Waals surface area contributed by atoms with E-state index in [4.69, 9.17) is 0 Å². The summed E-state index contributed by atoms with van der Waals surface area (Å²) in [6.45, 7) is 17.7. The smallest absolute Gasteiger partial charge is 0.0311 e. The summed E-state index contributed by atoms with van der Waals surface area (Å²) in [6.07, 6.45) is 2.41. The second kappa shape index (κ2) is 4.37. The van der Waals surface area contributed by atoms with Gasteiger partial charge >= 0.3 is 0 Å². The van der Waals surface area contributed by atoms with Crippen molar-refractivity contribution in [3.8, 4) is 0 Å². The van der Waals surface area contributed by atoms with Crippen molar-refractivity contribution >= 4 is 0 Å². The number of nitrogens with zero attached hydrogens (tertiary/aromatic N) is 1. The highest BCUT2D eigenvalue weighted by Crippen LogP contribution is 2.34. The molecule has 0 amide bonds. The van der Waals surface area contributed by atoms with Gasteiger partial charge in [-0.3, -0.25) is 0 Å². The Bertz CT molecular complexity index is 196. The molecule has 0 fully saturated rings. The van der Waals surface area contributed by atoms with Crippen molar-refractivity contribution in [3.05, 3.63) is 12.3 Å². The van der Waals surface area contributed by atoms with Gasteiger partial charge in [-0.1, -0.05) is 33.8 Å². The van der Waals surface area contributed by atoms with Crippen LogP contribution in [0.4, 0.5) is 0 Å². The summed E-state index contributed by atoms with van der Waals surface area (Å²) in [5, 5.41) is 0. The van der Waals surface area contributed by atoms with Gasteiger partial charge in [0.2, 0.25) is 0 Å². The predicted octanol–water partition coefficient (Wildman–Crippen LogP) is 4.06. The molecule has 0 aromatic rings. The summed E-state index contributed by atoms with van der Waals surface area (Å²) in [4.78, 5) is 2.29. The molecule has 0 heterocycles. The van der Waals surface area contributed by atoms with Gasteiger partial charge in [0.15, 0.2) is 0 Å². The average molecular weight is 197 g/mol. The minimum atomic E-state index is 0.169. The molecule has 0 radical (unpaired) electrons. The van der Waals surface area contributed by atoms with Gasteiger partial charge < -0.3 is 4.90 Å². The molecular formula is C13H27N. The molecule has 0 rings (SSSR count). The third kappa shape index (κ3) is 3.36. The van der Waals surface area contributed by atoms with Gasteiger partial charge in [0.1, 0.15) is 0 Å². The van der Waals surface area contributed by atoms with Crippen LogP contribution < -0.4 is 0 Å². The summed E-state index contributed by atoms with van der Waals surface area (Å²) < 4.78 is 0. The van der Waals surface area contributed by atoms with Gasteiger partial charge in [-0.25, -0.2) is 0 Å². The molecule has 0 saturated carbocycles. The maximum absolute atomic E-state index is 4.24. The highest BCUT2D eigenvalue weighted by Gasteiger charge is 2.28. The molecule has 0 N–H and O–H groups in total. The van der Waals surface area contributed by atoms with E-state index in [2.05, 4.69) is 60.1 Å². The van der Waals surface area contributed by atoms with E-state index in [9.17, 15) is 0 Å². The molecule has 0 aromatic heterocycles. The maximum atomic E-state index is 4.24. The van der Waals surface area contributed by atoms with Gasteiger partial charge in [0.05, 0.1) is 0 Å². The molecule has 84 valence electrons. The van der Waals surface area contributed by atoms with Crippen LogP contribution in [0.2, 0.25) is 0 Å². The first-order valence-electron chi connectivity index (χ1n) is 5.56. The lowest BCUT2D eigenvalue weighted by Crippen LogP contribution is -2.41. The Morgan fingerprint density at radius 3 is 1.86 bits per heavy atom. The molecule has 0 spiro atoms. The van der Waals surface area contributed by atoms with Crippen molar-refractivity contribution in [3.63, 3.8) is 0 Å². The van der Waals surface area contributed by atoms with E-state index >= 15 is 0 Å². The first-order valence-corrected chi connectivity index (χ1v) is 5.56. The first kappa shape index (κ1) is 13.5. The van der Waals surface area contributed by atoms with E-state index < -0.39 is 0 Å². The van der Waals surface area contributed by atoms with Gasteiger partial charge in [-0.15, -0.1) is 0 Å². The zero-order chi connectivity index (χ0) is 11.6. The maximum Gasteiger partial charge on any atom is 0.0311 e. The molecule has 0 unspecified atom stereocenters. The Hall–Kier alpha value is -0.460. The summed E-state index contributed by atoms with van der Waals surface area (Å²) in [7, 11) is 2.14. The fourth-order valence-corrected chi connectivity index (χ4v) is 1.63. The fourth-order valence-electron chi connectivity index (χ4n) is 1.63. The highest BCUT2D eigenvalue weighted by atomic mass is 15.2. The second-order valence-corrected chi connectivity index (χ2v) is 5.81. The average Bonchev–Trinajstić information content (AvgIpc) is 2.00. The Balaban J connectivity index is 4.62. The quantitative estimate of drug-likeness (QED) is 0.657. The van der Waals surface area contributed by atoms with Gasteiger partial charge in [0, 0.05) is 23.7 Å². The van der Waals surface area contributed by atoms with Crippen molar-refractivity contribution in [2.24, 2.45) is 5.41 Å². The van der Waals surface area contributed by atoms with Crippen molar-refractivity contribution in [2.45, 2.75) is 59.9 Å². The zero-order valence-electron chi connectivity index (χ0n) is 11.1. The van der Waals surface area contributed by atoms with Crippen molar-refractivity contribution in [1.29, 1.82) is 0 Å². The Morgan fingerprint density at radius 1 is 1.14 bits per heavy atom. The van der Waals surface area contributed by atoms with Crippen LogP contribution in [0.25, 0.3) is 0 Å². The van der Waals surface area contributed by atoms with Gasteiger partial charge in [-0.2, -0.15) is 0 Å². The molecule has 0 bridgehead atoms. The monoisotopic (exact) mass is 197 g/mol. The van der Waals surface area contributed by atoms with E-state index in [1.54, 1.807) is 0 Å². The summed E-state index contributed by atoms with van der Waals surface area (Å²) in [5.74, 6) is 0. The Morgan fingerprint density at radius 2 is 1.57 bits per heavy atom. The van der Waals surface area contributed by atoms with Crippen molar-refractivity contribution < 1.29 is 0 Å². The molecule has 0 saturated heterocycles. The van der Waals surface area contributed by atoms with E-state index in [0.29, 0.717) is 0 Å². The topological polar surface area (TPSA) is 3.24 Å². The van der Waals surface area contributed by atoms with Gasteiger partial charge in [0.25, 0.3) is 0 Å². The molecule has 1 heteroatoms. The molecule has 14 heavy (non-hydrogen) atoms. The predicted molar refractivity (Wildman–Crippen MR) is 65.3 cm³/mol. The number of hydrogen-bond donors (Lipinski definition) is 0. The first-order chi connectivity index (χ1) is 6.13. The van der Waals surface area contributed by atoms with E-state index in [1.807, 2.05) is 0 Å². The summed E-state index contributed by atoms with van der Waals surface area (Å²) in [6, 6.07) is 0. The Kier molecular flexibility index (Phi) is 4.23. The molecule has 0 aliphatic carbocycles. The van der Waals surface area contributed by atoms with Crippen LogP contribution in [-0.2, 0) is 0 Å². The highest BCUT2D eigenvalue weighted by molar-refractivity contribution is 5.08. The van der Waals surface area contributed by atoms with Crippen LogP contribution in [0.15, 0.2) is 12.3 Å². The van der Waals surface area contributed by atoms with Crippen molar-refractivity contribution in [1.82, 2.24) is 4.90 Å². The standard InChI is InChI=1S/C13H27N/c1-9-10-13(6,7)11(2)14(8)12(3,4)5/h2,9-10H2,1,3-8H3. The van der Waals surface area contributed by atoms with E-state index in [-0.39, 0.29) is 11.0 Å². The lowest BCUT2D eigenvalue weighted by atomic mass is 9.83. The van der Waals surface area contributed by atoms with Crippen LogP contribution in [0.5, 0.6) is 0 Å². The van der Waals surface area contributed by atoms with Crippen LogP contribution in [0, 0.1) is 5.41 Å². The van der Waals surface area contributed by atoms with Crippen LogP contribution in [0.1, 0.15) is 54.4 Å². The molecule has 0 atom stereocenters. The third-order valence-corrected chi connectivity index (χ3v) is 3.07. The minimum Gasteiger partial charge on any atom is -0.373 e. The zero-order valence-corrected chi connectivity index (χ0v) is 11.1. The van der Waals surface area contributed by atoms with Crippen LogP contribution >= 0.6 is 0 Å². The fraction of sp³-hybridized carbons (Fsp3) is 0.846. The SMILES string of the molecule is C=C(N(C)C(C)(C)C)C(C)(C)CCC. The molecular weight excluding hydrogens is 170 g/mol. The lowest BCUT2D eigenvalue weighted by Gasteiger charge is -2.42. The minimum absolute atomic E-state index is 0.169.